The molecule has 0 bridgehead atoms. The van der Waals surface area contributed by atoms with Gasteiger partial charge in [0, 0.05) is 10.0 Å². The second-order valence-electron chi connectivity index (χ2n) is 3.12. The lowest BCUT2D eigenvalue weighted by atomic mass is 10.1. The van der Waals surface area contributed by atoms with Crippen LogP contribution >= 0.6 is 15.9 Å². The van der Waals surface area contributed by atoms with E-state index in [1.807, 2.05) is 0 Å². The van der Waals surface area contributed by atoms with Crippen molar-refractivity contribution in [3.63, 3.8) is 0 Å². The number of ether oxygens (including phenoxy) is 2. The average Bonchev–Trinajstić information content (AvgIpc) is 2.25. The Hall–Kier alpha value is -1.23. The maximum atomic E-state index is 11.4. The van der Waals surface area contributed by atoms with Crippen LogP contribution in [0.2, 0.25) is 0 Å². The molecule has 1 aromatic rings. The Bertz CT molecular complexity index is 393. The first kappa shape index (κ1) is 12.8. The Morgan fingerprint density at radius 2 is 2.19 bits per heavy atom. The molecule has 0 aliphatic rings. The Balaban J connectivity index is 3.00. The smallest absolute Gasteiger partial charge is 0.310 e. The zero-order valence-electron chi connectivity index (χ0n) is 9.25. The number of rotatable bonds is 4. The van der Waals surface area contributed by atoms with E-state index in [-0.39, 0.29) is 12.4 Å². The second kappa shape index (κ2) is 5.75. The largest absolute Gasteiger partial charge is 0.496 e. The number of methoxy groups -OCH3 is 1. The molecule has 0 radical (unpaired) electrons. The summed E-state index contributed by atoms with van der Waals surface area (Å²) in [6, 6.07) is 3.54. The van der Waals surface area contributed by atoms with Gasteiger partial charge in [0.25, 0.3) is 0 Å². The molecule has 0 unspecified atom stereocenters. The van der Waals surface area contributed by atoms with Crippen LogP contribution in [0.25, 0.3) is 0 Å². The van der Waals surface area contributed by atoms with Crippen molar-refractivity contribution in [3.05, 3.63) is 22.2 Å². The van der Waals surface area contributed by atoms with Crippen LogP contribution in [0.4, 0.5) is 5.69 Å². The summed E-state index contributed by atoms with van der Waals surface area (Å²) in [6.07, 6.45) is 0.113. The molecule has 0 spiro atoms. The molecule has 5 heteroatoms. The fourth-order valence-electron chi connectivity index (χ4n) is 1.35. The maximum absolute atomic E-state index is 11.4. The van der Waals surface area contributed by atoms with Crippen LogP contribution in [-0.4, -0.2) is 19.7 Å². The molecule has 2 N–H and O–H groups in total. The van der Waals surface area contributed by atoms with Crippen molar-refractivity contribution in [2.24, 2.45) is 0 Å². The number of nitrogen functional groups attached to an aromatic ring is 1. The summed E-state index contributed by atoms with van der Waals surface area (Å²) in [5.74, 6) is 0.277. The zero-order chi connectivity index (χ0) is 12.1. The number of carbonyl (C=O) groups is 1. The molecule has 0 aromatic heterocycles. The predicted molar refractivity (Wildman–Crippen MR) is 65.4 cm³/mol. The van der Waals surface area contributed by atoms with Crippen molar-refractivity contribution in [3.8, 4) is 5.75 Å². The summed E-state index contributed by atoms with van der Waals surface area (Å²) < 4.78 is 10.8. The van der Waals surface area contributed by atoms with Gasteiger partial charge in [-0.3, -0.25) is 4.79 Å². The van der Waals surface area contributed by atoms with Crippen molar-refractivity contribution in [2.45, 2.75) is 13.3 Å². The van der Waals surface area contributed by atoms with Crippen molar-refractivity contribution < 1.29 is 14.3 Å². The van der Waals surface area contributed by atoms with Gasteiger partial charge in [0.15, 0.2) is 0 Å². The van der Waals surface area contributed by atoms with Gasteiger partial charge in [-0.05, 0) is 35.0 Å². The average molecular weight is 288 g/mol. The van der Waals surface area contributed by atoms with Gasteiger partial charge in [0.1, 0.15) is 5.75 Å². The molecule has 0 aliphatic carbocycles. The lowest BCUT2D eigenvalue weighted by Gasteiger charge is -2.12. The number of benzene rings is 1. The van der Waals surface area contributed by atoms with E-state index in [0.717, 1.165) is 4.47 Å². The van der Waals surface area contributed by atoms with E-state index in [2.05, 4.69) is 15.9 Å². The molecule has 88 valence electrons. The second-order valence-corrected chi connectivity index (χ2v) is 3.98. The van der Waals surface area contributed by atoms with Gasteiger partial charge >= 0.3 is 5.97 Å². The molecule has 0 atom stereocenters. The highest BCUT2D eigenvalue weighted by Gasteiger charge is 2.14. The Kier molecular flexibility index (Phi) is 4.61. The van der Waals surface area contributed by atoms with Gasteiger partial charge in [-0.15, -0.1) is 0 Å². The summed E-state index contributed by atoms with van der Waals surface area (Å²) in [7, 11) is 1.54. The van der Waals surface area contributed by atoms with Crippen LogP contribution in [0, 0.1) is 0 Å². The molecule has 16 heavy (non-hydrogen) atoms. The van der Waals surface area contributed by atoms with Crippen molar-refractivity contribution in [2.75, 3.05) is 19.5 Å². The maximum Gasteiger partial charge on any atom is 0.310 e. The minimum atomic E-state index is -0.314. The zero-order valence-corrected chi connectivity index (χ0v) is 10.8. The van der Waals surface area contributed by atoms with E-state index in [1.54, 1.807) is 19.1 Å². The number of carbonyl (C=O) groups excluding carboxylic acids is 1. The summed E-state index contributed by atoms with van der Waals surface area (Å²) in [5.41, 5.74) is 7.02. The summed E-state index contributed by atoms with van der Waals surface area (Å²) in [6.45, 7) is 2.12. The molecule has 1 aromatic carbocycles. The van der Waals surface area contributed by atoms with Gasteiger partial charge < -0.3 is 15.2 Å². The number of nitrogens with two attached hydrogens (primary N) is 1. The van der Waals surface area contributed by atoms with E-state index >= 15 is 0 Å². The van der Waals surface area contributed by atoms with E-state index in [0.29, 0.717) is 23.6 Å². The van der Waals surface area contributed by atoms with Gasteiger partial charge in [-0.25, -0.2) is 0 Å². The highest BCUT2D eigenvalue weighted by Crippen LogP contribution is 2.31. The van der Waals surface area contributed by atoms with Gasteiger partial charge in [0.05, 0.1) is 25.8 Å². The summed E-state index contributed by atoms with van der Waals surface area (Å²) in [4.78, 5) is 11.4. The third-order valence-corrected chi connectivity index (χ3v) is 2.80. The summed E-state index contributed by atoms with van der Waals surface area (Å²) >= 11 is 3.31. The number of anilines is 1. The molecule has 0 saturated carbocycles. The normalized spacial score (nSPS) is 9.94. The lowest BCUT2D eigenvalue weighted by molar-refractivity contribution is -0.142. The van der Waals surface area contributed by atoms with Crippen LogP contribution in [0.5, 0.6) is 5.75 Å². The molecule has 0 aliphatic heterocycles. The van der Waals surface area contributed by atoms with Gasteiger partial charge in [-0.1, -0.05) is 0 Å². The highest BCUT2D eigenvalue weighted by atomic mass is 79.9. The first-order valence-electron chi connectivity index (χ1n) is 4.86. The van der Waals surface area contributed by atoms with E-state index in [9.17, 15) is 4.79 Å². The van der Waals surface area contributed by atoms with Crippen molar-refractivity contribution in [1.82, 2.24) is 0 Å². The Morgan fingerprint density at radius 1 is 1.50 bits per heavy atom. The third kappa shape index (κ3) is 2.88. The fourth-order valence-corrected chi connectivity index (χ4v) is 1.72. The van der Waals surface area contributed by atoms with Crippen molar-refractivity contribution in [1.29, 1.82) is 0 Å². The van der Waals surface area contributed by atoms with Crippen LogP contribution in [0.3, 0.4) is 0 Å². The quantitative estimate of drug-likeness (QED) is 0.681. The highest BCUT2D eigenvalue weighted by molar-refractivity contribution is 9.10. The first-order chi connectivity index (χ1) is 7.60. The number of esters is 1. The van der Waals surface area contributed by atoms with E-state index in [1.165, 1.54) is 7.11 Å². The number of hydrogen-bond donors (Lipinski definition) is 1. The first-order valence-corrected chi connectivity index (χ1v) is 5.65. The molecule has 1 rings (SSSR count). The number of halogens is 1. The van der Waals surface area contributed by atoms with Crippen molar-refractivity contribution >= 4 is 27.6 Å². The van der Waals surface area contributed by atoms with Gasteiger partial charge in [0.2, 0.25) is 0 Å². The van der Waals surface area contributed by atoms with Crippen LogP contribution < -0.4 is 10.5 Å². The molecular formula is C11H14BrNO3. The van der Waals surface area contributed by atoms with Crippen LogP contribution in [0.15, 0.2) is 16.6 Å². The third-order valence-electron chi connectivity index (χ3n) is 2.11. The Morgan fingerprint density at radius 3 is 2.75 bits per heavy atom. The van der Waals surface area contributed by atoms with Crippen LogP contribution in [-0.2, 0) is 16.0 Å². The molecule has 0 amide bonds. The minimum absolute atomic E-state index is 0.113. The van der Waals surface area contributed by atoms with E-state index < -0.39 is 0 Å². The Labute approximate surface area is 103 Å². The van der Waals surface area contributed by atoms with E-state index in [4.69, 9.17) is 15.2 Å². The summed E-state index contributed by atoms with van der Waals surface area (Å²) in [5, 5.41) is 0. The van der Waals surface area contributed by atoms with Crippen LogP contribution in [0.1, 0.15) is 12.5 Å². The minimum Gasteiger partial charge on any atom is -0.496 e. The standard InChI is InChI=1S/C11H14BrNO3/c1-3-16-10(14)6-7-9(15-2)5-4-8(12)11(7)13/h4-5H,3,6,13H2,1-2H3. The SMILES string of the molecule is CCOC(=O)Cc1c(OC)ccc(Br)c1N. The monoisotopic (exact) mass is 287 g/mol. The topological polar surface area (TPSA) is 61.5 Å². The fraction of sp³-hybridized carbons (Fsp3) is 0.364. The number of hydrogen-bond acceptors (Lipinski definition) is 4. The molecular weight excluding hydrogens is 274 g/mol. The molecule has 0 heterocycles. The lowest BCUT2D eigenvalue weighted by Crippen LogP contribution is -2.10. The molecule has 0 saturated heterocycles. The predicted octanol–water partition coefficient (Wildman–Crippen LogP) is 2.15. The van der Waals surface area contributed by atoms with Gasteiger partial charge in [-0.2, -0.15) is 0 Å². The molecule has 0 fully saturated rings. The molecule has 4 nitrogen and oxygen atoms in total.